The van der Waals surface area contributed by atoms with E-state index in [1.54, 1.807) is 0 Å². The molecule has 4 nitrogen and oxygen atoms in total. The molecule has 24 heavy (non-hydrogen) atoms. The molecule has 0 atom stereocenters. The van der Waals surface area contributed by atoms with Gasteiger partial charge in [0.15, 0.2) is 0 Å². The fourth-order valence-corrected chi connectivity index (χ4v) is 3.55. The topological polar surface area (TPSA) is 46.7 Å². The van der Waals surface area contributed by atoms with Crippen molar-refractivity contribution in [3.63, 3.8) is 0 Å². The Labute approximate surface area is 164 Å². The van der Waals surface area contributed by atoms with Crippen molar-refractivity contribution in [3.8, 4) is 0 Å². The SMILES string of the molecule is COC1CCC([N-]CCC[N-]C2CCC(OC)CC2)CC1.[Cl][Ti][Cl]. The van der Waals surface area contributed by atoms with Gasteiger partial charge in [0.25, 0.3) is 0 Å². The summed E-state index contributed by atoms with van der Waals surface area (Å²) in [6, 6.07) is 1.15. The fourth-order valence-electron chi connectivity index (χ4n) is 3.55. The van der Waals surface area contributed by atoms with Crippen LogP contribution in [-0.2, 0) is 26.5 Å². The van der Waals surface area contributed by atoms with Gasteiger partial charge in [-0.2, -0.15) is 13.1 Å². The second-order valence-corrected chi connectivity index (χ2v) is 9.15. The zero-order valence-electron chi connectivity index (χ0n) is 15.1. The second kappa shape index (κ2) is 15.2. The Morgan fingerprint density at radius 3 is 1.38 bits per heavy atom. The monoisotopic (exact) mass is 414 g/mol. The minimum atomic E-state index is -0.556. The van der Waals surface area contributed by atoms with Crippen LogP contribution in [0, 0.1) is 0 Å². The maximum atomic E-state index is 5.40. The molecule has 2 rings (SSSR count). The van der Waals surface area contributed by atoms with Gasteiger partial charge in [-0.3, -0.25) is 0 Å². The van der Waals surface area contributed by atoms with E-state index in [9.17, 15) is 0 Å². The van der Waals surface area contributed by atoms with Crippen molar-refractivity contribution >= 4 is 18.6 Å². The summed E-state index contributed by atoms with van der Waals surface area (Å²) >= 11 is -0.556. The first-order valence-corrected chi connectivity index (χ1v) is 13.4. The number of methoxy groups -OCH3 is 2. The average molecular weight is 415 g/mol. The number of hydrogen-bond acceptors (Lipinski definition) is 2. The zero-order chi connectivity index (χ0) is 17.6. The Balaban J connectivity index is 0.000000891. The third-order valence-corrected chi connectivity index (χ3v) is 5.04. The molecule has 2 saturated carbocycles. The summed E-state index contributed by atoms with van der Waals surface area (Å²) in [5, 5.41) is 9.65. The van der Waals surface area contributed by atoms with Crippen molar-refractivity contribution in [2.75, 3.05) is 27.3 Å². The van der Waals surface area contributed by atoms with Crippen LogP contribution in [0.2, 0.25) is 0 Å². The van der Waals surface area contributed by atoms with Gasteiger partial charge < -0.3 is 20.1 Å². The molecule has 2 aliphatic rings. The van der Waals surface area contributed by atoms with Crippen LogP contribution in [0.5, 0.6) is 0 Å². The summed E-state index contributed by atoms with van der Waals surface area (Å²) in [5.74, 6) is 0. The van der Waals surface area contributed by atoms with E-state index in [2.05, 4.69) is 0 Å². The molecule has 0 aromatic heterocycles. The van der Waals surface area contributed by atoms with Gasteiger partial charge in [-0.25, -0.2) is 0 Å². The van der Waals surface area contributed by atoms with Crippen LogP contribution in [0.3, 0.4) is 0 Å². The third-order valence-electron chi connectivity index (χ3n) is 5.04. The van der Waals surface area contributed by atoms with Gasteiger partial charge in [0.05, 0.1) is 12.2 Å². The molecule has 7 heteroatoms. The Hall–Kier alpha value is 1.13. The normalized spacial score (nSPS) is 30.3. The molecule has 0 radical (unpaired) electrons. The summed E-state index contributed by atoms with van der Waals surface area (Å²) in [6.07, 6.45) is 11.6. The number of rotatable bonds is 8. The van der Waals surface area contributed by atoms with Gasteiger partial charge in [-0.15, -0.1) is 12.1 Å². The van der Waals surface area contributed by atoms with Gasteiger partial charge >= 0.3 is 35.6 Å². The number of nitrogens with zero attached hydrogens (tertiary/aromatic N) is 2. The molecular formula is C17H32Cl2N2O2Ti-2. The molecule has 0 bridgehead atoms. The maximum absolute atomic E-state index is 5.40. The first-order chi connectivity index (χ1) is 11.7. The van der Waals surface area contributed by atoms with Gasteiger partial charge in [0, 0.05) is 14.2 Å². The standard InChI is InChI=1S/C17H32N2O2.2ClH.Ti/c1-20-16-8-4-14(5-9-16)18-12-3-13-19-15-6-10-17(21-2)11-7-15;;;/h14-17H,3-13H2,1-2H3;2*1H;/q-2;;;+2/p-2. The van der Waals surface area contributed by atoms with E-state index in [0.29, 0.717) is 24.3 Å². The molecule has 0 spiro atoms. The van der Waals surface area contributed by atoms with E-state index < -0.39 is 17.0 Å². The number of hydrogen-bond donors (Lipinski definition) is 0. The Morgan fingerprint density at radius 2 is 1.08 bits per heavy atom. The average Bonchev–Trinajstić information content (AvgIpc) is 2.63. The Morgan fingerprint density at radius 1 is 0.750 bits per heavy atom. The van der Waals surface area contributed by atoms with E-state index in [0.717, 1.165) is 19.5 Å². The molecule has 2 fully saturated rings. The van der Waals surface area contributed by atoms with Gasteiger partial charge in [-0.1, -0.05) is 32.1 Å². The van der Waals surface area contributed by atoms with Crippen LogP contribution in [0.4, 0.5) is 0 Å². The first kappa shape index (κ1) is 23.2. The quantitative estimate of drug-likeness (QED) is 0.393. The van der Waals surface area contributed by atoms with E-state index in [-0.39, 0.29) is 0 Å². The summed E-state index contributed by atoms with van der Waals surface area (Å²) in [7, 11) is 13.4. The molecule has 0 N–H and O–H groups in total. The molecular weight excluding hydrogens is 383 g/mol. The van der Waals surface area contributed by atoms with E-state index in [1.807, 2.05) is 14.2 Å². The minimum absolute atomic E-state index is 0.480. The summed E-state index contributed by atoms with van der Waals surface area (Å²) in [5.41, 5.74) is 0. The van der Waals surface area contributed by atoms with Crippen molar-refractivity contribution in [1.82, 2.24) is 0 Å². The molecule has 0 heterocycles. The van der Waals surface area contributed by atoms with Crippen LogP contribution in [0.1, 0.15) is 57.8 Å². The van der Waals surface area contributed by atoms with Crippen LogP contribution < -0.4 is 0 Å². The van der Waals surface area contributed by atoms with E-state index in [1.165, 1.54) is 51.4 Å². The van der Waals surface area contributed by atoms with E-state index in [4.69, 9.17) is 38.7 Å². The van der Waals surface area contributed by atoms with Gasteiger partial charge in [-0.05, 0) is 25.7 Å². The first-order valence-electron chi connectivity index (χ1n) is 9.08. The van der Waals surface area contributed by atoms with Crippen molar-refractivity contribution in [1.29, 1.82) is 0 Å². The summed E-state index contributed by atoms with van der Waals surface area (Å²) in [6.45, 7) is 1.97. The molecule has 0 saturated heterocycles. The van der Waals surface area contributed by atoms with Gasteiger partial charge in [0.1, 0.15) is 0 Å². The molecule has 142 valence electrons. The summed E-state index contributed by atoms with van der Waals surface area (Å²) < 4.78 is 10.8. The van der Waals surface area contributed by atoms with Crippen LogP contribution in [0.15, 0.2) is 0 Å². The molecule has 2 aliphatic carbocycles. The second-order valence-electron chi connectivity index (χ2n) is 6.57. The van der Waals surface area contributed by atoms with Crippen molar-refractivity contribution < 1.29 is 26.5 Å². The van der Waals surface area contributed by atoms with Crippen molar-refractivity contribution in [2.45, 2.75) is 82.1 Å². The van der Waals surface area contributed by atoms with Crippen molar-refractivity contribution in [3.05, 3.63) is 10.6 Å². The fraction of sp³-hybridized carbons (Fsp3) is 1.00. The summed E-state index contributed by atoms with van der Waals surface area (Å²) in [4.78, 5) is 0. The molecule has 0 aromatic rings. The molecule has 0 amide bonds. The Bertz CT molecular complexity index is 262. The van der Waals surface area contributed by atoms with Crippen LogP contribution >= 0.6 is 18.6 Å². The third kappa shape index (κ3) is 10.3. The predicted octanol–water partition coefficient (Wildman–Crippen LogP) is 5.42. The molecule has 0 unspecified atom stereocenters. The Kier molecular flexibility index (Phi) is 14.7. The molecule has 0 aliphatic heterocycles. The number of halogens is 2. The van der Waals surface area contributed by atoms with Crippen LogP contribution in [-0.4, -0.2) is 51.6 Å². The van der Waals surface area contributed by atoms with Crippen LogP contribution in [0.25, 0.3) is 10.6 Å². The number of ether oxygens (including phenoxy) is 2. The predicted molar refractivity (Wildman–Crippen MR) is 98.9 cm³/mol. The van der Waals surface area contributed by atoms with Gasteiger partial charge in [0.2, 0.25) is 0 Å². The molecule has 0 aromatic carbocycles. The van der Waals surface area contributed by atoms with E-state index >= 15 is 0 Å². The van der Waals surface area contributed by atoms with Crippen molar-refractivity contribution in [2.24, 2.45) is 0 Å². The zero-order valence-corrected chi connectivity index (χ0v) is 18.1.